The third kappa shape index (κ3) is 6.60. The smallest absolute Gasteiger partial charge is 0.241 e. The minimum Gasteiger partial charge on any atom is -0.354 e. The average Bonchev–Trinajstić information content (AvgIpc) is 2.66. The average molecular weight is 444 g/mol. The number of sulfonamides is 2. The van der Waals surface area contributed by atoms with Crippen molar-refractivity contribution in [1.82, 2.24) is 10.0 Å². The number of halogens is 1. The van der Waals surface area contributed by atoms with E-state index in [1.165, 1.54) is 12.1 Å². The highest BCUT2D eigenvalue weighted by atomic mass is 32.2. The minimum absolute atomic E-state index is 0.00784. The second-order valence-electron chi connectivity index (χ2n) is 6.27. The van der Waals surface area contributed by atoms with Crippen molar-refractivity contribution in [3.63, 3.8) is 0 Å². The van der Waals surface area contributed by atoms with Gasteiger partial charge < -0.3 is 5.32 Å². The standard InChI is InChI=1S/C18H22FN3O5S2/c1-2-17(22-29(26,27)16-9-5-14(19)6-10-16)18(23)21-12-11-13-3-7-15(8-4-13)28(20,24)25/h3-10,17,22H,2,11-12H2,1H3,(H,21,23)(H2,20,24,25). The van der Waals surface area contributed by atoms with Gasteiger partial charge >= 0.3 is 0 Å². The topological polar surface area (TPSA) is 135 Å². The van der Waals surface area contributed by atoms with Gasteiger partial charge in [-0.2, -0.15) is 4.72 Å². The fourth-order valence-corrected chi connectivity index (χ4v) is 4.28. The van der Waals surface area contributed by atoms with Gasteiger partial charge in [0.1, 0.15) is 11.9 Å². The van der Waals surface area contributed by atoms with E-state index in [-0.39, 0.29) is 22.8 Å². The van der Waals surface area contributed by atoms with Crippen LogP contribution in [0.5, 0.6) is 0 Å². The number of rotatable bonds is 9. The molecule has 0 heterocycles. The van der Waals surface area contributed by atoms with Gasteiger partial charge in [0.25, 0.3) is 0 Å². The van der Waals surface area contributed by atoms with Crippen LogP contribution in [-0.4, -0.2) is 35.3 Å². The summed E-state index contributed by atoms with van der Waals surface area (Å²) in [5.41, 5.74) is 0.776. The van der Waals surface area contributed by atoms with Crippen LogP contribution in [0.2, 0.25) is 0 Å². The Morgan fingerprint density at radius 1 is 1.00 bits per heavy atom. The number of carbonyl (C=O) groups is 1. The summed E-state index contributed by atoms with van der Waals surface area (Å²) in [6, 6.07) is 9.21. The first-order valence-electron chi connectivity index (χ1n) is 8.70. The van der Waals surface area contributed by atoms with Crippen LogP contribution in [0.25, 0.3) is 0 Å². The Balaban J connectivity index is 1.93. The lowest BCUT2D eigenvalue weighted by Gasteiger charge is -2.17. The summed E-state index contributed by atoms with van der Waals surface area (Å²) in [7, 11) is -7.74. The molecule has 0 aliphatic carbocycles. The fraction of sp³-hybridized carbons (Fsp3) is 0.278. The van der Waals surface area contributed by atoms with Crippen LogP contribution in [0, 0.1) is 5.82 Å². The second kappa shape index (κ2) is 9.44. The van der Waals surface area contributed by atoms with Crippen molar-refractivity contribution in [2.45, 2.75) is 35.6 Å². The molecule has 158 valence electrons. The number of primary sulfonamides is 1. The lowest BCUT2D eigenvalue weighted by atomic mass is 10.1. The normalized spacial score (nSPS) is 13.1. The zero-order valence-electron chi connectivity index (χ0n) is 15.6. The van der Waals surface area contributed by atoms with Crippen molar-refractivity contribution >= 4 is 26.0 Å². The number of amides is 1. The molecular weight excluding hydrogens is 421 g/mol. The molecule has 2 aromatic rings. The molecule has 2 aromatic carbocycles. The van der Waals surface area contributed by atoms with E-state index in [2.05, 4.69) is 10.0 Å². The maximum absolute atomic E-state index is 13.0. The predicted molar refractivity (Wildman–Crippen MR) is 105 cm³/mol. The Hall–Kier alpha value is -2.34. The van der Waals surface area contributed by atoms with E-state index in [0.29, 0.717) is 6.42 Å². The van der Waals surface area contributed by atoms with Crippen LogP contribution >= 0.6 is 0 Å². The van der Waals surface area contributed by atoms with E-state index >= 15 is 0 Å². The van der Waals surface area contributed by atoms with Crippen LogP contribution in [0.1, 0.15) is 18.9 Å². The van der Waals surface area contributed by atoms with Crippen LogP contribution in [0.15, 0.2) is 58.3 Å². The molecule has 0 saturated heterocycles. The van der Waals surface area contributed by atoms with Gasteiger partial charge in [-0.1, -0.05) is 19.1 Å². The highest BCUT2D eigenvalue weighted by molar-refractivity contribution is 7.89. The first kappa shape index (κ1) is 22.9. The van der Waals surface area contributed by atoms with Gasteiger partial charge in [-0.25, -0.2) is 26.4 Å². The summed E-state index contributed by atoms with van der Waals surface area (Å²) >= 11 is 0. The summed E-state index contributed by atoms with van der Waals surface area (Å²) in [5.74, 6) is -1.06. The first-order chi connectivity index (χ1) is 13.5. The maximum Gasteiger partial charge on any atom is 0.241 e. The highest BCUT2D eigenvalue weighted by Gasteiger charge is 2.24. The molecule has 0 spiro atoms. The molecule has 8 nitrogen and oxygen atoms in total. The van der Waals surface area contributed by atoms with Crippen LogP contribution in [-0.2, 0) is 31.3 Å². The molecule has 29 heavy (non-hydrogen) atoms. The van der Waals surface area contributed by atoms with E-state index in [9.17, 15) is 26.0 Å². The van der Waals surface area contributed by atoms with Gasteiger partial charge in [0.2, 0.25) is 26.0 Å². The molecule has 1 amide bonds. The van der Waals surface area contributed by atoms with Crippen LogP contribution in [0.3, 0.4) is 0 Å². The van der Waals surface area contributed by atoms with E-state index in [1.807, 2.05) is 0 Å². The molecule has 0 aliphatic heterocycles. The molecule has 11 heteroatoms. The van der Waals surface area contributed by atoms with Crippen molar-refractivity contribution < 1.29 is 26.0 Å². The highest BCUT2D eigenvalue weighted by Crippen LogP contribution is 2.11. The largest absolute Gasteiger partial charge is 0.354 e. The molecule has 2 rings (SSSR count). The predicted octanol–water partition coefficient (Wildman–Crippen LogP) is 0.889. The van der Waals surface area contributed by atoms with Gasteiger partial charge in [0.05, 0.1) is 9.79 Å². The summed E-state index contributed by atoms with van der Waals surface area (Å²) in [6.45, 7) is 1.88. The molecule has 0 saturated carbocycles. The van der Waals surface area contributed by atoms with Crippen LogP contribution in [0.4, 0.5) is 4.39 Å². The Kier molecular flexibility index (Phi) is 7.47. The quantitative estimate of drug-likeness (QED) is 0.529. The number of carbonyl (C=O) groups excluding carboxylic acids is 1. The van der Waals surface area contributed by atoms with Gasteiger partial charge in [-0.3, -0.25) is 4.79 Å². The molecule has 0 bridgehead atoms. The zero-order valence-corrected chi connectivity index (χ0v) is 17.3. The van der Waals surface area contributed by atoms with Crippen molar-refractivity contribution in [2.24, 2.45) is 5.14 Å². The molecule has 0 fully saturated rings. The van der Waals surface area contributed by atoms with E-state index in [1.54, 1.807) is 19.1 Å². The Morgan fingerprint density at radius 2 is 1.55 bits per heavy atom. The number of hydrogen-bond acceptors (Lipinski definition) is 5. The van der Waals surface area contributed by atoms with Gasteiger partial charge in [0, 0.05) is 6.54 Å². The number of nitrogens with two attached hydrogens (primary N) is 1. The van der Waals surface area contributed by atoms with Crippen molar-refractivity contribution in [3.8, 4) is 0 Å². The molecular formula is C18H22FN3O5S2. The lowest BCUT2D eigenvalue weighted by molar-refractivity contribution is -0.122. The van der Waals surface area contributed by atoms with Gasteiger partial charge in [-0.05, 0) is 54.8 Å². The molecule has 1 unspecified atom stereocenters. The SMILES string of the molecule is CCC(NS(=O)(=O)c1ccc(F)cc1)C(=O)NCCc1ccc(S(N)(=O)=O)cc1. The number of hydrogen-bond donors (Lipinski definition) is 3. The third-order valence-corrected chi connectivity index (χ3v) is 6.53. The second-order valence-corrected chi connectivity index (χ2v) is 9.54. The fourth-order valence-electron chi connectivity index (χ4n) is 2.49. The summed E-state index contributed by atoms with van der Waals surface area (Å²) in [5, 5.41) is 7.68. The van der Waals surface area contributed by atoms with Gasteiger partial charge in [-0.15, -0.1) is 0 Å². The number of benzene rings is 2. The van der Waals surface area contributed by atoms with Gasteiger partial charge in [0.15, 0.2) is 0 Å². The Bertz CT molecular complexity index is 1050. The lowest BCUT2D eigenvalue weighted by Crippen LogP contribution is -2.46. The Morgan fingerprint density at radius 3 is 2.07 bits per heavy atom. The Labute approximate surface area is 169 Å². The van der Waals surface area contributed by atoms with Crippen molar-refractivity contribution in [2.75, 3.05) is 6.54 Å². The van der Waals surface area contributed by atoms with E-state index in [4.69, 9.17) is 5.14 Å². The summed E-state index contributed by atoms with van der Waals surface area (Å²) in [6.07, 6.45) is 0.632. The molecule has 0 radical (unpaired) electrons. The summed E-state index contributed by atoms with van der Waals surface area (Å²) < 4.78 is 62.5. The summed E-state index contributed by atoms with van der Waals surface area (Å²) in [4.78, 5) is 12.2. The third-order valence-electron chi connectivity index (χ3n) is 4.11. The van der Waals surface area contributed by atoms with Crippen molar-refractivity contribution in [3.05, 3.63) is 59.9 Å². The maximum atomic E-state index is 13.0. The van der Waals surface area contributed by atoms with Crippen LogP contribution < -0.4 is 15.2 Å². The van der Waals surface area contributed by atoms with E-state index < -0.39 is 37.8 Å². The molecule has 1 atom stereocenters. The van der Waals surface area contributed by atoms with E-state index in [0.717, 1.165) is 29.8 Å². The van der Waals surface area contributed by atoms with Crippen molar-refractivity contribution in [1.29, 1.82) is 0 Å². The first-order valence-corrected chi connectivity index (χ1v) is 11.7. The monoisotopic (exact) mass is 443 g/mol. The molecule has 4 N–H and O–H groups in total. The number of nitrogens with one attached hydrogen (secondary N) is 2. The zero-order chi connectivity index (χ0) is 21.7. The molecule has 0 aromatic heterocycles. The minimum atomic E-state index is -3.98. The molecule has 0 aliphatic rings.